The van der Waals surface area contributed by atoms with Gasteiger partial charge >= 0.3 is 5.97 Å². The lowest BCUT2D eigenvalue weighted by atomic mass is 10.0. The Kier molecular flexibility index (Phi) is 5.01. The van der Waals surface area contributed by atoms with E-state index in [0.29, 0.717) is 19.0 Å². The Bertz CT molecular complexity index is 205. The van der Waals surface area contributed by atoms with Crippen LogP contribution in [-0.2, 0) is 9.53 Å². The molecule has 88 valence electrons. The van der Waals surface area contributed by atoms with Crippen LogP contribution in [0.3, 0.4) is 0 Å². The molecule has 3 N–H and O–H groups in total. The Morgan fingerprint density at radius 3 is 2.67 bits per heavy atom. The molecule has 1 saturated heterocycles. The molecule has 5 heteroatoms. The first kappa shape index (κ1) is 12.4. The van der Waals surface area contributed by atoms with E-state index in [1.54, 1.807) is 0 Å². The Labute approximate surface area is 90.2 Å². The van der Waals surface area contributed by atoms with Crippen LogP contribution in [0.1, 0.15) is 19.3 Å². The molecule has 5 nitrogen and oxygen atoms in total. The van der Waals surface area contributed by atoms with Crippen LogP contribution in [0.15, 0.2) is 0 Å². The van der Waals surface area contributed by atoms with Gasteiger partial charge in [0, 0.05) is 19.3 Å². The lowest BCUT2D eigenvalue weighted by Gasteiger charge is -2.34. The molecule has 1 aliphatic rings. The molecule has 0 aromatic heterocycles. The Morgan fingerprint density at radius 1 is 1.60 bits per heavy atom. The van der Waals surface area contributed by atoms with Gasteiger partial charge in [-0.1, -0.05) is 0 Å². The normalized spacial score (nSPS) is 20.5. The maximum absolute atomic E-state index is 11.0. The highest BCUT2D eigenvalue weighted by molar-refractivity contribution is 5.73. The van der Waals surface area contributed by atoms with Gasteiger partial charge < -0.3 is 15.6 Å². The molecule has 1 atom stereocenters. The maximum Gasteiger partial charge on any atom is 0.320 e. The second-order valence-electron chi connectivity index (χ2n) is 3.94. The van der Waals surface area contributed by atoms with E-state index in [1.807, 2.05) is 11.9 Å². The minimum atomic E-state index is -0.783. The minimum absolute atomic E-state index is 0.311. The third kappa shape index (κ3) is 3.44. The number of likely N-dealkylation sites (N-methyl/N-ethyl adjacent to an activating group) is 1. The predicted molar refractivity (Wildman–Crippen MR) is 56.7 cm³/mol. The van der Waals surface area contributed by atoms with E-state index in [4.69, 9.17) is 15.6 Å². The lowest BCUT2D eigenvalue weighted by molar-refractivity contribution is -0.144. The molecule has 1 unspecified atom stereocenters. The fourth-order valence-electron chi connectivity index (χ4n) is 2.01. The van der Waals surface area contributed by atoms with Gasteiger partial charge in [0.2, 0.25) is 0 Å². The van der Waals surface area contributed by atoms with Crippen molar-refractivity contribution in [2.75, 3.05) is 26.8 Å². The Morgan fingerprint density at radius 2 is 2.20 bits per heavy atom. The molecule has 1 rings (SSSR count). The summed E-state index contributed by atoms with van der Waals surface area (Å²) in [5.74, 6) is -0.783. The smallest absolute Gasteiger partial charge is 0.320 e. The number of hydrogen-bond donors (Lipinski definition) is 2. The van der Waals surface area contributed by atoms with E-state index in [0.717, 1.165) is 26.1 Å². The zero-order chi connectivity index (χ0) is 11.3. The largest absolute Gasteiger partial charge is 0.480 e. The highest BCUT2D eigenvalue weighted by atomic mass is 16.5. The second-order valence-corrected chi connectivity index (χ2v) is 3.94. The second kappa shape index (κ2) is 6.05. The van der Waals surface area contributed by atoms with E-state index in [1.165, 1.54) is 0 Å². The molecule has 1 aliphatic heterocycles. The summed E-state index contributed by atoms with van der Waals surface area (Å²) in [4.78, 5) is 13.0. The summed E-state index contributed by atoms with van der Waals surface area (Å²) >= 11 is 0. The van der Waals surface area contributed by atoms with Gasteiger partial charge in [0.05, 0.1) is 0 Å². The SMILES string of the molecule is CN(C1CCOCC1)C(CCN)C(=O)O. The van der Waals surface area contributed by atoms with Crippen LogP contribution in [0, 0.1) is 0 Å². The molecule has 0 bridgehead atoms. The first-order chi connectivity index (χ1) is 7.16. The number of rotatable bonds is 5. The van der Waals surface area contributed by atoms with Crippen LogP contribution < -0.4 is 5.73 Å². The van der Waals surface area contributed by atoms with E-state index in [2.05, 4.69) is 0 Å². The highest BCUT2D eigenvalue weighted by Crippen LogP contribution is 2.16. The van der Waals surface area contributed by atoms with E-state index >= 15 is 0 Å². The molecular weight excluding hydrogens is 196 g/mol. The Hall–Kier alpha value is -0.650. The molecule has 15 heavy (non-hydrogen) atoms. The van der Waals surface area contributed by atoms with Gasteiger partial charge in [-0.25, -0.2) is 0 Å². The zero-order valence-electron chi connectivity index (χ0n) is 9.19. The summed E-state index contributed by atoms with van der Waals surface area (Å²) in [6.45, 7) is 1.86. The molecule has 0 amide bonds. The standard InChI is InChI=1S/C10H20N2O3/c1-12(8-3-6-15-7-4-8)9(2-5-11)10(13)14/h8-9H,2-7,11H2,1H3,(H,13,14). The van der Waals surface area contributed by atoms with Crippen molar-refractivity contribution in [1.29, 1.82) is 0 Å². The molecule has 0 aliphatic carbocycles. The third-order valence-corrected chi connectivity index (χ3v) is 2.98. The van der Waals surface area contributed by atoms with Gasteiger partial charge in [-0.15, -0.1) is 0 Å². The van der Waals surface area contributed by atoms with Gasteiger partial charge in [-0.05, 0) is 32.9 Å². The topological polar surface area (TPSA) is 75.8 Å². The molecule has 0 radical (unpaired) electrons. The monoisotopic (exact) mass is 216 g/mol. The van der Waals surface area contributed by atoms with Gasteiger partial charge in [0.25, 0.3) is 0 Å². The van der Waals surface area contributed by atoms with Crippen molar-refractivity contribution in [2.45, 2.75) is 31.3 Å². The zero-order valence-corrected chi connectivity index (χ0v) is 9.19. The molecule has 0 aromatic rings. The summed E-state index contributed by atoms with van der Waals surface area (Å²) in [6, 6.07) is -0.149. The number of carbonyl (C=O) groups is 1. The highest BCUT2D eigenvalue weighted by Gasteiger charge is 2.28. The lowest BCUT2D eigenvalue weighted by Crippen LogP contribution is -2.47. The van der Waals surface area contributed by atoms with Crippen LogP contribution in [0.5, 0.6) is 0 Å². The number of nitrogens with two attached hydrogens (primary N) is 1. The number of nitrogens with zero attached hydrogens (tertiary/aromatic N) is 1. The Balaban J connectivity index is 2.53. The average molecular weight is 216 g/mol. The van der Waals surface area contributed by atoms with Crippen molar-refractivity contribution in [1.82, 2.24) is 4.90 Å². The van der Waals surface area contributed by atoms with Gasteiger partial charge in [0.1, 0.15) is 6.04 Å². The van der Waals surface area contributed by atoms with Crippen molar-refractivity contribution >= 4 is 5.97 Å². The fourth-order valence-corrected chi connectivity index (χ4v) is 2.01. The molecule has 1 heterocycles. The summed E-state index contributed by atoms with van der Waals surface area (Å²) in [5, 5.41) is 9.08. The van der Waals surface area contributed by atoms with Gasteiger partial charge in [0.15, 0.2) is 0 Å². The minimum Gasteiger partial charge on any atom is -0.480 e. The van der Waals surface area contributed by atoms with Crippen LogP contribution in [0.25, 0.3) is 0 Å². The molecule has 1 fully saturated rings. The summed E-state index contributed by atoms with van der Waals surface area (Å²) in [7, 11) is 1.87. The molecule has 0 saturated carbocycles. The first-order valence-corrected chi connectivity index (χ1v) is 5.39. The number of ether oxygens (including phenoxy) is 1. The van der Waals surface area contributed by atoms with Crippen LogP contribution in [0.4, 0.5) is 0 Å². The molecule has 0 aromatic carbocycles. The number of aliphatic carboxylic acids is 1. The average Bonchev–Trinajstić information content (AvgIpc) is 2.26. The van der Waals surface area contributed by atoms with Crippen LogP contribution >= 0.6 is 0 Å². The third-order valence-electron chi connectivity index (χ3n) is 2.98. The van der Waals surface area contributed by atoms with Gasteiger partial charge in [-0.3, -0.25) is 9.69 Å². The first-order valence-electron chi connectivity index (χ1n) is 5.39. The molecule has 0 spiro atoms. The van der Waals surface area contributed by atoms with Crippen molar-refractivity contribution in [3.05, 3.63) is 0 Å². The van der Waals surface area contributed by atoms with Crippen molar-refractivity contribution in [2.24, 2.45) is 5.73 Å². The van der Waals surface area contributed by atoms with Crippen LogP contribution in [0.2, 0.25) is 0 Å². The van der Waals surface area contributed by atoms with Crippen molar-refractivity contribution in [3.63, 3.8) is 0 Å². The fraction of sp³-hybridized carbons (Fsp3) is 0.900. The van der Waals surface area contributed by atoms with Crippen LogP contribution in [-0.4, -0.2) is 54.9 Å². The maximum atomic E-state index is 11.0. The van der Waals surface area contributed by atoms with Gasteiger partial charge in [-0.2, -0.15) is 0 Å². The summed E-state index contributed by atoms with van der Waals surface area (Å²) in [6.07, 6.45) is 2.32. The van der Waals surface area contributed by atoms with Crippen molar-refractivity contribution < 1.29 is 14.6 Å². The van der Waals surface area contributed by atoms with E-state index in [-0.39, 0.29) is 0 Å². The number of carboxylic acid groups (broad SMARTS) is 1. The summed E-state index contributed by atoms with van der Waals surface area (Å²) < 4.78 is 5.25. The quantitative estimate of drug-likeness (QED) is 0.671. The predicted octanol–water partition coefficient (Wildman–Crippen LogP) is -0.101. The number of hydrogen-bond acceptors (Lipinski definition) is 4. The molecular formula is C10H20N2O3. The number of carboxylic acids is 1. The van der Waals surface area contributed by atoms with E-state index < -0.39 is 12.0 Å². The van der Waals surface area contributed by atoms with Crippen molar-refractivity contribution in [3.8, 4) is 0 Å². The van der Waals surface area contributed by atoms with E-state index in [9.17, 15) is 4.79 Å². The summed E-state index contributed by atoms with van der Waals surface area (Å²) in [5.41, 5.74) is 5.42.